The first-order valence-corrected chi connectivity index (χ1v) is 7.60. The van der Waals surface area contributed by atoms with Crippen molar-refractivity contribution in [2.45, 2.75) is 6.92 Å². The van der Waals surface area contributed by atoms with Crippen LogP contribution in [0.25, 0.3) is 0 Å². The van der Waals surface area contributed by atoms with Gasteiger partial charge in [-0.05, 0) is 43.4 Å². The van der Waals surface area contributed by atoms with Crippen LogP contribution >= 0.6 is 12.2 Å². The summed E-state index contributed by atoms with van der Waals surface area (Å²) in [6, 6.07) is 16.0. The first-order valence-electron chi connectivity index (χ1n) is 7.19. The van der Waals surface area contributed by atoms with Gasteiger partial charge in [0.1, 0.15) is 5.75 Å². The van der Waals surface area contributed by atoms with Gasteiger partial charge < -0.3 is 4.74 Å². The molecular formula is C17H17N3O3S. The predicted molar refractivity (Wildman–Crippen MR) is 94.5 cm³/mol. The highest BCUT2D eigenvalue weighted by molar-refractivity contribution is 7.80. The molecular weight excluding hydrogens is 326 g/mol. The van der Waals surface area contributed by atoms with Crippen LogP contribution in [0.3, 0.4) is 0 Å². The Morgan fingerprint density at radius 2 is 1.79 bits per heavy atom. The molecule has 2 aromatic carbocycles. The van der Waals surface area contributed by atoms with E-state index < -0.39 is 5.91 Å². The van der Waals surface area contributed by atoms with E-state index in [2.05, 4.69) is 16.2 Å². The molecule has 0 bridgehead atoms. The summed E-state index contributed by atoms with van der Waals surface area (Å²) in [4.78, 5) is 23.6. The fraction of sp³-hybridized carbons (Fsp3) is 0.118. The molecule has 24 heavy (non-hydrogen) atoms. The minimum atomic E-state index is -0.425. The molecule has 6 nitrogen and oxygen atoms in total. The van der Waals surface area contributed by atoms with E-state index in [0.717, 1.165) is 5.56 Å². The summed E-state index contributed by atoms with van der Waals surface area (Å²) in [7, 11) is 0. The lowest BCUT2D eigenvalue weighted by Crippen LogP contribution is -2.49. The molecule has 0 aliphatic rings. The van der Waals surface area contributed by atoms with Crippen molar-refractivity contribution in [1.82, 2.24) is 16.2 Å². The average Bonchev–Trinajstić information content (AvgIpc) is 2.59. The number of carbonyl (C=O) groups excluding carboxylic acids is 2. The molecule has 0 radical (unpaired) electrons. The number of nitrogens with one attached hydrogen (secondary N) is 3. The van der Waals surface area contributed by atoms with Crippen LogP contribution in [0.4, 0.5) is 0 Å². The Labute approximate surface area is 145 Å². The van der Waals surface area contributed by atoms with Crippen LogP contribution in [0.5, 0.6) is 5.75 Å². The summed E-state index contributed by atoms with van der Waals surface area (Å²) in [6.45, 7) is 1.71. The zero-order valence-corrected chi connectivity index (χ0v) is 13.9. The second-order valence-corrected chi connectivity index (χ2v) is 5.34. The summed E-state index contributed by atoms with van der Waals surface area (Å²) in [6.07, 6.45) is 0. The molecule has 0 aliphatic heterocycles. The molecule has 0 atom stereocenters. The second-order valence-electron chi connectivity index (χ2n) is 4.93. The van der Waals surface area contributed by atoms with Gasteiger partial charge in [0, 0.05) is 5.56 Å². The smallest absolute Gasteiger partial charge is 0.276 e. The number of amides is 2. The summed E-state index contributed by atoms with van der Waals surface area (Å²) < 4.78 is 5.28. The summed E-state index contributed by atoms with van der Waals surface area (Å²) >= 11 is 4.96. The first kappa shape index (κ1) is 17.4. The highest BCUT2D eigenvalue weighted by Gasteiger charge is 2.08. The standard InChI is InChI=1S/C17H17N3O3S/c1-12-6-5-7-13(10-12)16(22)18-17(24)20-19-15(21)11-23-14-8-3-2-4-9-14/h2-10H,11H2,1H3,(H,19,21)(H2,18,20,22,24). The van der Waals surface area contributed by atoms with Crippen LogP contribution in [0.2, 0.25) is 0 Å². The molecule has 3 N–H and O–H groups in total. The largest absolute Gasteiger partial charge is 0.484 e. The number of hydrogen-bond donors (Lipinski definition) is 3. The maximum absolute atomic E-state index is 12.0. The highest BCUT2D eigenvalue weighted by atomic mass is 32.1. The van der Waals surface area contributed by atoms with Crippen molar-refractivity contribution in [3.63, 3.8) is 0 Å². The molecule has 0 heterocycles. The molecule has 7 heteroatoms. The quantitative estimate of drug-likeness (QED) is 0.582. The highest BCUT2D eigenvalue weighted by Crippen LogP contribution is 2.07. The van der Waals surface area contributed by atoms with E-state index in [-0.39, 0.29) is 17.6 Å². The van der Waals surface area contributed by atoms with Crippen LogP contribution in [0.1, 0.15) is 15.9 Å². The fourth-order valence-corrected chi connectivity index (χ4v) is 1.96. The first-order chi connectivity index (χ1) is 11.5. The zero-order valence-electron chi connectivity index (χ0n) is 13.0. The summed E-state index contributed by atoms with van der Waals surface area (Å²) in [5.41, 5.74) is 6.25. The predicted octanol–water partition coefficient (Wildman–Crippen LogP) is 1.71. The lowest BCUT2D eigenvalue weighted by atomic mass is 10.1. The molecule has 2 rings (SSSR count). The number of ether oxygens (including phenoxy) is 1. The van der Waals surface area contributed by atoms with Gasteiger partial charge in [0.25, 0.3) is 11.8 Å². The third-order valence-corrected chi connectivity index (χ3v) is 3.14. The van der Waals surface area contributed by atoms with Crippen LogP contribution in [-0.2, 0) is 4.79 Å². The van der Waals surface area contributed by atoms with Gasteiger partial charge in [-0.2, -0.15) is 0 Å². The maximum Gasteiger partial charge on any atom is 0.276 e. The van der Waals surface area contributed by atoms with Crippen LogP contribution in [0, 0.1) is 6.92 Å². The Morgan fingerprint density at radius 1 is 1.04 bits per heavy atom. The molecule has 2 aromatic rings. The van der Waals surface area contributed by atoms with Gasteiger partial charge in [-0.3, -0.25) is 25.8 Å². The number of aryl methyl sites for hydroxylation is 1. The van der Waals surface area contributed by atoms with E-state index in [4.69, 9.17) is 17.0 Å². The fourth-order valence-electron chi connectivity index (χ4n) is 1.82. The molecule has 2 amide bonds. The van der Waals surface area contributed by atoms with Crippen molar-refractivity contribution >= 4 is 29.1 Å². The van der Waals surface area contributed by atoms with Gasteiger partial charge in [0.2, 0.25) is 0 Å². The van der Waals surface area contributed by atoms with Gasteiger partial charge in [0.05, 0.1) is 0 Å². The lowest BCUT2D eigenvalue weighted by molar-refractivity contribution is -0.123. The third kappa shape index (κ3) is 5.69. The number of rotatable bonds is 4. The van der Waals surface area contributed by atoms with Gasteiger partial charge in [-0.15, -0.1) is 0 Å². The normalized spacial score (nSPS) is 9.71. The topological polar surface area (TPSA) is 79.5 Å². The van der Waals surface area contributed by atoms with E-state index in [9.17, 15) is 9.59 Å². The Morgan fingerprint density at radius 3 is 2.50 bits per heavy atom. The average molecular weight is 343 g/mol. The monoisotopic (exact) mass is 343 g/mol. The van der Waals surface area contributed by atoms with E-state index in [1.54, 1.807) is 42.5 Å². The van der Waals surface area contributed by atoms with Gasteiger partial charge in [-0.1, -0.05) is 35.9 Å². The minimum absolute atomic E-state index is 0.00503. The van der Waals surface area contributed by atoms with Crippen LogP contribution in [-0.4, -0.2) is 23.5 Å². The second kappa shape index (κ2) is 8.64. The van der Waals surface area contributed by atoms with Crippen LogP contribution < -0.4 is 20.9 Å². The Kier molecular flexibility index (Phi) is 6.27. The molecule has 0 aliphatic carbocycles. The van der Waals surface area contributed by atoms with E-state index in [1.807, 2.05) is 19.1 Å². The molecule has 0 aromatic heterocycles. The number of carbonyl (C=O) groups is 2. The number of thiocarbonyl (C=S) groups is 1. The number of hydrogen-bond acceptors (Lipinski definition) is 4. The number of para-hydroxylation sites is 1. The maximum atomic E-state index is 12.0. The SMILES string of the molecule is Cc1cccc(C(=O)NC(=S)NNC(=O)COc2ccccc2)c1. The lowest BCUT2D eigenvalue weighted by Gasteiger charge is -2.11. The molecule has 0 fully saturated rings. The Hall–Kier alpha value is -2.93. The van der Waals surface area contributed by atoms with Crippen LogP contribution in [0.15, 0.2) is 54.6 Å². The molecule has 124 valence electrons. The Balaban J connectivity index is 1.72. The number of benzene rings is 2. The van der Waals surface area contributed by atoms with Crippen molar-refractivity contribution in [3.8, 4) is 5.75 Å². The molecule has 0 saturated heterocycles. The van der Waals surface area contributed by atoms with Gasteiger partial charge in [-0.25, -0.2) is 0 Å². The van der Waals surface area contributed by atoms with Gasteiger partial charge >= 0.3 is 0 Å². The van der Waals surface area contributed by atoms with Crippen molar-refractivity contribution in [2.24, 2.45) is 0 Å². The van der Waals surface area contributed by atoms with E-state index in [1.165, 1.54) is 0 Å². The van der Waals surface area contributed by atoms with Crippen molar-refractivity contribution in [2.75, 3.05) is 6.61 Å². The molecule has 0 spiro atoms. The Bertz CT molecular complexity index is 735. The molecule has 0 unspecified atom stereocenters. The summed E-state index contributed by atoms with van der Waals surface area (Å²) in [5.74, 6) is -0.194. The summed E-state index contributed by atoms with van der Waals surface area (Å²) in [5, 5.41) is 2.47. The van der Waals surface area contributed by atoms with Gasteiger partial charge in [0.15, 0.2) is 11.7 Å². The van der Waals surface area contributed by atoms with Crippen molar-refractivity contribution in [3.05, 3.63) is 65.7 Å². The van der Waals surface area contributed by atoms with Crippen molar-refractivity contribution in [1.29, 1.82) is 0 Å². The van der Waals surface area contributed by atoms with E-state index >= 15 is 0 Å². The third-order valence-electron chi connectivity index (χ3n) is 2.94. The molecule has 0 saturated carbocycles. The zero-order chi connectivity index (χ0) is 17.4. The number of hydrazine groups is 1. The minimum Gasteiger partial charge on any atom is -0.484 e. The van der Waals surface area contributed by atoms with Crippen molar-refractivity contribution < 1.29 is 14.3 Å². The van der Waals surface area contributed by atoms with E-state index in [0.29, 0.717) is 11.3 Å².